The second kappa shape index (κ2) is 6.68. The van der Waals surface area contributed by atoms with E-state index in [9.17, 15) is 9.50 Å². The molecule has 1 atom stereocenters. The summed E-state index contributed by atoms with van der Waals surface area (Å²) in [6.07, 6.45) is 0. The van der Waals surface area contributed by atoms with Crippen molar-refractivity contribution in [1.82, 2.24) is 5.32 Å². The van der Waals surface area contributed by atoms with Gasteiger partial charge in [-0.05, 0) is 19.1 Å². The van der Waals surface area contributed by atoms with Crippen LogP contribution in [0.25, 0.3) is 0 Å². The maximum atomic E-state index is 13.4. The summed E-state index contributed by atoms with van der Waals surface area (Å²) in [6.45, 7) is 2.90. The van der Waals surface area contributed by atoms with E-state index in [-0.39, 0.29) is 16.6 Å². The predicted molar refractivity (Wildman–Crippen MR) is 70.7 cm³/mol. The number of rotatable bonds is 6. The van der Waals surface area contributed by atoms with Crippen molar-refractivity contribution < 1.29 is 14.2 Å². The molecule has 0 bridgehead atoms. The van der Waals surface area contributed by atoms with E-state index in [0.29, 0.717) is 18.7 Å². The molecule has 6 heteroatoms. The fourth-order valence-electron chi connectivity index (χ4n) is 1.54. The van der Waals surface area contributed by atoms with Crippen LogP contribution in [0.3, 0.4) is 0 Å². The normalized spacial score (nSPS) is 14.6. The van der Waals surface area contributed by atoms with E-state index >= 15 is 0 Å². The van der Waals surface area contributed by atoms with Gasteiger partial charge in [-0.3, -0.25) is 0 Å². The fourth-order valence-corrected chi connectivity index (χ4v) is 2.12. The average Bonchev–Trinajstić information content (AvgIpc) is 2.29. The quantitative estimate of drug-likeness (QED) is 0.626. The van der Waals surface area contributed by atoms with E-state index < -0.39 is 11.4 Å². The number of halogens is 3. The molecule has 0 heterocycles. The highest BCUT2D eigenvalue weighted by molar-refractivity contribution is 6.35. The first-order valence-corrected chi connectivity index (χ1v) is 6.21. The van der Waals surface area contributed by atoms with Gasteiger partial charge < -0.3 is 15.2 Å². The molecule has 0 aliphatic carbocycles. The van der Waals surface area contributed by atoms with Gasteiger partial charge in [0.1, 0.15) is 11.4 Å². The van der Waals surface area contributed by atoms with Gasteiger partial charge in [0.2, 0.25) is 0 Å². The zero-order valence-electron chi connectivity index (χ0n) is 10.3. The minimum absolute atomic E-state index is 0.0631. The summed E-state index contributed by atoms with van der Waals surface area (Å²) < 4.78 is 18.3. The lowest BCUT2D eigenvalue weighted by Gasteiger charge is -2.25. The van der Waals surface area contributed by atoms with Crippen molar-refractivity contribution in [3.63, 3.8) is 0 Å². The number of benzene rings is 1. The first kappa shape index (κ1) is 15.7. The van der Waals surface area contributed by atoms with E-state index in [2.05, 4.69) is 5.32 Å². The van der Waals surface area contributed by atoms with E-state index in [1.807, 2.05) is 0 Å². The molecule has 0 fully saturated rings. The largest absolute Gasteiger partial charge is 0.384 e. The van der Waals surface area contributed by atoms with Gasteiger partial charge in [0.25, 0.3) is 0 Å². The highest BCUT2D eigenvalue weighted by Gasteiger charge is 2.26. The lowest BCUT2D eigenvalue weighted by atomic mass is 9.95. The van der Waals surface area contributed by atoms with Crippen molar-refractivity contribution in [3.05, 3.63) is 33.6 Å². The molecular formula is C12H16Cl2FNO2. The maximum Gasteiger partial charge on any atom is 0.142 e. The molecule has 1 aromatic carbocycles. The Labute approximate surface area is 116 Å². The molecule has 0 amide bonds. The first-order valence-electron chi connectivity index (χ1n) is 5.45. The van der Waals surface area contributed by atoms with E-state index in [1.165, 1.54) is 6.07 Å². The molecule has 18 heavy (non-hydrogen) atoms. The van der Waals surface area contributed by atoms with Crippen molar-refractivity contribution in [2.75, 3.05) is 26.8 Å². The molecule has 0 aliphatic rings. The van der Waals surface area contributed by atoms with Crippen LogP contribution in [-0.2, 0) is 10.3 Å². The Morgan fingerprint density at radius 2 is 2.06 bits per heavy atom. The first-order chi connectivity index (χ1) is 8.38. The molecule has 3 nitrogen and oxygen atoms in total. The zero-order valence-corrected chi connectivity index (χ0v) is 11.8. The molecular weight excluding hydrogens is 280 g/mol. The second-order valence-corrected chi connectivity index (χ2v) is 5.00. The van der Waals surface area contributed by atoms with Crippen LogP contribution in [0.2, 0.25) is 10.0 Å². The number of ether oxygens (including phenoxy) is 1. The highest BCUT2D eigenvalue weighted by atomic mass is 35.5. The molecule has 2 N–H and O–H groups in total. The topological polar surface area (TPSA) is 41.5 Å². The molecule has 1 unspecified atom stereocenters. The summed E-state index contributed by atoms with van der Waals surface area (Å²) in [5, 5.41) is 13.5. The van der Waals surface area contributed by atoms with Crippen molar-refractivity contribution in [2.45, 2.75) is 12.5 Å². The number of nitrogens with one attached hydrogen (secondary N) is 1. The molecule has 0 saturated carbocycles. The standard InChI is InChI=1S/C12H16Cl2FNO2/c1-12(17,7-16-3-4-18-2)8-5-11(15)10(14)6-9(8)13/h5-6,16-17H,3-4,7H2,1-2H3. The van der Waals surface area contributed by atoms with Gasteiger partial charge in [0.15, 0.2) is 0 Å². The van der Waals surface area contributed by atoms with Crippen LogP contribution in [0.5, 0.6) is 0 Å². The third kappa shape index (κ3) is 4.07. The summed E-state index contributed by atoms with van der Waals surface area (Å²) in [7, 11) is 1.59. The Kier molecular flexibility index (Phi) is 5.82. The molecule has 0 spiro atoms. The Balaban J connectivity index is 2.80. The lowest BCUT2D eigenvalue weighted by Crippen LogP contribution is -2.37. The lowest BCUT2D eigenvalue weighted by molar-refractivity contribution is 0.0548. The van der Waals surface area contributed by atoms with Gasteiger partial charge in [-0.15, -0.1) is 0 Å². The van der Waals surface area contributed by atoms with Gasteiger partial charge in [-0.1, -0.05) is 23.2 Å². The number of methoxy groups -OCH3 is 1. The van der Waals surface area contributed by atoms with Crippen LogP contribution in [0, 0.1) is 5.82 Å². The third-order valence-electron chi connectivity index (χ3n) is 2.54. The van der Waals surface area contributed by atoms with Gasteiger partial charge in [-0.2, -0.15) is 0 Å². The predicted octanol–water partition coefficient (Wildman–Crippen LogP) is 2.58. The number of hydrogen-bond acceptors (Lipinski definition) is 3. The molecule has 0 radical (unpaired) electrons. The molecule has 0 saturated heterocycles. The summed E-state index contributed by atoms with van der Waals surface area (Å²) in [4.78, 5) is 0. The minimum atomic E-state index is -1.28. The van der Waals surface area contributed by atoms with E-state index in [1.54, 1.807) is 14.0 Å². The van der Waals surface area contributed by atoms with Crippen LogP contribution in [0.1, 0.15) is 12.5 Å². The molecule has 1 rings (SSSR count). The second-order valence-electron chi connectivity index (χ2n) is 4.19. The SMILES string of the molecule is COCCNCC(C)(O)c1cc(F)c(Cl)cc1Cl. The smallest absolute Gasteiger partial charge is 0.142 e. The molecule has 1 aromatic rings. The Morgan fingerprint density at radius 1 is 1.39 bits per heavy atom. The van der Waals surface area contributed by atoms with Gasteiger partial charge in [0, 0.05) is 30.8 Å². The monoisotopic (exact) mass is 295 g/mol. The number of aliphatic hydroxyl groups is 1. The minimum Gasteiger partial charge on any atom is -0.384 e. The Hall–Kier alpha value is -0.390. The fraction of sp³-hybridized carbons (Fsp3) is 0.500. The molecule has 102 valence electrons. The zero-order chi connectivity index (χ0) is 13.8. The van der Waals surface area contributed by atoms with Gasteiger partial charge in [0.05, 0.1) is 11.6 Å². The molecule has 0 aliphatic heterocycles. The Morgan fingerprint density at radius 3 is 2.67 bits per heavy atom. The van der Waals surface area contributed by atoms with Crippen molar-refractivity contribution in [2.24, 2.45) is 0 Å². The summed E-state index contributed by atoms with van der Waals surface area (Å²) in [6, 6.07) is 2.44. The third-order valence-corrected chi connectivity index (χ3v) is 3.14. The molecule has 0 aromatic heterocycles. The van der Waals surface area contributed by atoms with Crippen LogP contribution < -0.4 is 5.32 Å². The van der Waals surface area contributed by atoms with Crippen LogP contribution in [-0.4, -0.2) is 31.9 Å². The van der Waals surface area contributed by atoms with Gasteiger partial charge in [-0.25, -0.2) is 4.39 Å². The summed E-state index contributed by atoms with van der Waals surface area (Å²) >= 11 is 11.6. The van der Waals surface area contributed by atoms with Gasteiger partial charge >= 0.3 is 0 Å². The van der Waals surface area contributed by atoms with Crippen molar-refractivity contribution in [3.8, 4) is 0 Å². The van der Waals surface area contributed by atoms with Crippen molar-refractivity contribution >= 4 is 23.2 Å². The van der Waals surface area contributed by atoms with E-state index in [4.69, 9.17) is 27.9 Å². The number of hydrogen-bond donors (Lipinski definition) is 2. The average molecular weight is 296 g/mol. The van der Waals surface area contributed by atoms with Crippen molar-refractivity contribution in [1.29, 1.82) is 0 Å². The Bertz CT molecular complexity index is 413. The summed E-state index contributed by atoms with van der Waals surface area (Å²) in [5.74, 6) is -0.603. The van der Waals surface area contributed by atoms with Crippen LogP contribution in [0.4, 0.5) is 4.39 Å². The van der Waals surface area contributed by atoms with Crippen LogP contribution >= 0.6 is 23.2 Å². The van der Waals surface area contributed by atoms with Crippen LogP contribution in [0.15, 0.2) is 12.1 Å². The highest BCUT2D eigenvalue weighted by Crippen LogP contribution is 2.31. The summed E-state index contributed by atoms with van der Waals surface area (Å²) in [5.41, 5.74) is -0.980. The maximum absolute atomic E-state index is 13.4. The van der Waals surface area contributed by atoms with E-state index in [0.717, 1.165) is 6.07 Å².